The minimum atomic E-state index is -0.551. The molecule has 4 aromatic rings. The van der Waals surface area contributed by atoms with Gasteiger partial charge in [0.05, 0.1) is 23.4 Å². The van der Waals surface area contributed by atoms with Crippen molar-refractivity contribution in [2.24, 2.45) is 0 Å². The minimum Gasteiger partial charge on any atom is -0.508 e. The maximum Gasteiger partial charge on any atom is 0.174 e. The van der Waals surface area contributed by atoms with E-state index in [1.165, 1.54) is 32.1 Å². The third-order valence-corrected chi connectivity index (χ3v) is 10.9. The SMILES string of the molecule is CSc1ccc2c(c1)N(CCCN1CCN(Cc3c(O)cc4c(c3O)C(=O)CC(c3ccc(O)cc3)O4)CC1)c1ccccc1S2. The highest BCUT2D eigenvalue weighted by atomic mass is 32.2. The number of phenolic OH excluding ortho intramolecular Hbond substituents is 3. The van der Waals surface area contributed by atoms with Crippen LogP contribution in [0.2, 0.25) is 0 Å². The van der Waals surface area contributed by atoms with Gasteiger partial charge < -0.3 is 29.9 Å². The minimum absolute atomic E-state index is 0.0698. The molecule has 1 unspecified atom stereocenters. The summed E-state index contributed by atoms with van der Waals surface area (Å²) in [5.74, 6) is -0.199. The van der Waals surface area contributed by atoms with E-state index >= 15 is 0 Å². The first-order chi connectivity index (χ1) is 22.4. The van der Waals surface area contributed by atoms with Gasteiger partial charge in [-0.25, -0.2) is 0 Å². The van der Waals surface area contributed by atoms with Crippen LogP contribution in [0.3, 0.4) is 0 Å². The zero-order valence-electron chi connectivity index (χ0n) is 25.7. The quantitative estimate of drug-likeness (QED) is 0.172. The zero-order chi connectivity index (χ0) is 31.8. The van der Waals surface area contributed by atoms with Crippen molar-refractivity contribution < 1.29 is 24.9 Å². The summed E-state index contributed by atoms with van der Waals surface area (Å²) in [6.07, 6.45) is 2.67. The Balaban J connectivity index is 0.963. The number of rotatable bonds is 8. The Morgan fingerprint density at radius 2 is 1.61 bits per heavy atom. The Kier molecular flexibility index (Phi) is 8.78. The van der Waals surface area contributed by atoms with Crippen LogP contribution >= 0.6 is 23.5 Å². The van der Waals surface area contributed by atoms with E-state index < -0.39 is 6.10 Å². The van der Waals surface area contributed by atoms with Crippen LogP contribution < -0.4 is 9.64 Å². The van der Waals surface area contributed by atoms with Crippen molar-refractivity contribution in [3.05, 3.63) is 89.5 Å². The molecule has 238 valence electrons. The maximum absolute atomic E-state index is 13.1. The van der Waals surface area contributed by atoms with Crippen molar-refractivity contribution in [1.29, 1.82) is 0 Å². The monoisotopic (exact) mass is 655 g/mol. The highest BCUT2D eigenvalue weighted by Crippen LogP contribution is 2.49. The molecule has 0 aromatic heterocycles. The molecule has 7 rings (SSSR count). The number of Topliss-reactive ketones (excluding diaryl/α,β-unsaturated/α-hetero) is 1. The number of thioether (sulfide) groups is 1. The van der Waals surface area contributed by atoms with Gasteiger partial charge in [-0.15, -0.1) is 11.8 Å². The average Bonchev–Trinajstić information content (AvgIpc) is 3.06. The molecule has 0 aliphatic carbocycles. The van der Waals surface area contributed by atoms with E-state index in [0.29, 0.717) is 12.1 Å². The molecule has 3 heterocycles. The predicted molar refractivity (Wildman–Crippen MR) is 182 cm³/mol. The van der Waals surface area contributed by atoms with Gasteiger partial charge in [0.2, 0.25) is 0 Å². The molecule has 8 nitrogen and oxygen atoms in total. The molecule has 0 spiro atoms. The van der Waals surface area contributed by atoms with Gasteiger partial charge in [-0.3, -0.25) is 9.69 Å². The number of phenols is 3. The summed E-state index contributed by atoms with van der Waals surface area (Å²) in [6, 6.07) is 23.3. The molecule has 46 heavy (non-hydrogen) atoms. The zero-order valence-corrected chi connectivity index (χ0v) is 27.3. The Bertz CT molecular complexity index is 1760. The second kappa shape index (κ2) is 13.1. The van der Waals surface area contributed by atoms with Gasteiger partial charge in [0.1, 0.15) is 34.7 Å². The summed E-state index contributed by atoms with van der Waals surface area (Å²) in [7, 11) is 0. The molecule has 0 radical (unpaired) electrons. The first-order valence-electron chi connectivity index (χ1n) is 15.6. The van der Waals surface area contributed by atoms with E-state index in [0.717, 1.165) is 51.3 Å². The molecule has 0 bridgehead atoms. The highest BCUT2D eigenvalue weighted by molar-refractivity contribution is 8.00. The Morgan fingerprint density at radius 1 is 0.870 bits per heavy atom. The largest absolute Gasteiger partial charge is 0.508 e. The summed E-state index contributed by atoms with van der Waals surface area (Å²) >= 11 is 3.61. The molecule has 0 saturated carbocycles. The van der Waals surface area contributed by atoms with Crippen molar-refractivity contribution in [1.82, 2.24) is 9.80 Å². The number of anilines is 2. The molecule has 3 N–H and O–H groups in total. The van der Waals surface area contributed by atoms with Gasteiger partial charge in [0, 0.05) is 60.0 Å². The third-order valence-electron chi connectivity index (χ3n) is 9.07. The maximum atomic E-state index is 13.1. The van der Waals surface area contributed by atoms with Crippen LogP contribution in [0, 0.1) is 0 Å². The predicted octanol–water partition coefficient (Wildman–Crippen LogP) is 7.04. The van der Waals surface area contributed by atoms with Crippen molar-refractivity contribution in [3.63, 3.8) is 0 Å². The number of benzene rings is 4. The summed E-state index contributed by atoms with van der Waals surface area (Å²) in [5.41, 5.74) is 3.78. The van der Waals surface area contributed by atoms with E-state index in [2.05, 4.69) is 63.4 Å². The van der Waals surface area contributed by atoms with E-state index in [9.17, 15) is 20.1 Å². The molecule has 1 fully saturated rings. The van der Waals surface area contributed by atoms with Gasteiger partial charge in [0.25, 0.3) is 0 Å². The van der Waals surface area contributed by atoms with E-state index in [1.807, 2.05) is 11.8 Å². The lowest BCUT2D eigenvalue weighted by Gasteiger charge is -2.36. The summed E-state index contributed by atoms with van der Waals surface area (Å²) in [4.78, 5) is 24.2. The lowest BCUT2D eigenvalue weighted by atomic mass is 9.93. The molecular weight excluding hydrogens is 619 g/mol. The topological polar surface area (TPSA) is 96.7 Å². The number of ketones is 1. The number of fused-ring (bicyclic) bond motifs is 3. The fraction of sp³-hybridized carbons (Fsp3) is 0.306. The molecule has 0 amide bonds. The second-order valence-corrected chi connectivity index (χ2v) is 13.9. The number of hydrogen-bond donors (Lipinski definition) is 3. The average molecular weight is 656 g/mol. The first-order valence-corrected chi connectivity index (χ1v) is 17.7. The van der Waals surface area contributed by atoms with Crippen LogP contribution in [0.5, 0.6) is 23.0 Å². The van der Waals surface area contributed by atoms with Crippen molar-refractivity contribution >= 4 is 40.7 Å². The Labute approximate surface area is 277 Å². The summed E-state index contributed by atoms with van der Waals surface area (Å²) in [6.45, 7) is 5.65. The highest BCUT2D eigenvalue weighted by Gasteiger charge is 2.33. The van der Waals surface area contributed by atoms with Crippen LogP contribution in [0.4, 0.5) is 11.4 Å². The molecule has 4 aromatic carbocycles. The lowest BCUT2D eigenvalue weighted by molar-refractivity contribution is 0.0843. The van der Waals surface area contributed by atoms with Crippen LogP contribution in [0.1, 0.15) is 40.4 Å². The van der Waals surface area contributed by atoms with Crippen LogP contribution in [0.15, 0.2) is 87.5 Å². The Morgan fingerprint density at radius 3 is 2.39 bits per heavy atom. The molecule has 3 aliphatic rings. The Hall–Kier alpha value is -3.83. The van der Waals surface area contributed by atoms with E-state index in [1.54, 1.807) is 36.0 Å². The normalized spacial score (nSPS) is 18.1. The fourth-order valence-electron chi connectivity index (χ4n) is 6.55. The van der Waals surface area contributed by atoms with Crippen LogP contribution in [-0.2, 0) is 6.54 Å². The number of hydrogen-bond acceptors (Lipinski definition) is 10. The smallest absolute Gasteiger partial charge is 0.174 e. The van der Waals surface area contributed by atoms with E-state index in [-0.39, 0.29) is 40.8 Å². The fourth-order valence-corrected chi connectivity index (χ4v) is 8.06. The van der Waals surface area contributed by atoms with Crippen molar-refractivity contribution in [2.75, 3.05) is 50.4 Å². The number of ether oxygens (including phenoxy) is 1. The number of para-hydroxylation sites is 1. The molecule has 10 heteroatoms. The third kappa shape index (κ3) is 6.14. The number of aromatic hydroxyl groups is 3. The number of carbonyl (C=O) groups is 1. The second-order valence-electron chi connectivity index (χ2n) is 11.9. The number of nitrogens with zero attached hydrogens (tertiary/aromatic N) is 3. The van der Waals surface area contributed by atoms with Crippen LogP contribution in [-0.4, -0.2) is 76.4 Å². The molecule has 1 atom stereocenters. The van der Waals surface area contributed by atoms with E-state index in [4.69, 9.17) is 4.74 Å². The molecule has 1 saturated heterocycles. The van der Waals surface area contributed by atoms with Gasteiger partial charge in [0.15, 0.2) is 5.78 Å². The summed E-state index contributed by atoms with van der Waals surface area (Å²) < 4.78 is 6.03. The number of carbonyl (C=O) groups excluding carboxylic acids is 1. The standard InChI is InChI=1S/C36H37N3O5S2/c1-45-25-11-12-34-28(19-25)39(27-5-2-3-6-33(27)46-34)14-4-13-37-15-17-38(18-16-37)22-26-29(41)20-32-35(36(26)43)30(42)21-31(44-32)23-7-9-24(40)10-8-23/h2-3,5-12,19-20,31,40-41,43H,4,13-18,21-22H2,1H3. The summed E-state index contributed by atoms with van der Waals surface area (Å²) in [5, 5.41) is 31.6. The molecule has 3 aliphatic heterocycles. The lowest BCUT2D eigenvalue weighted by Crippen LogP contribution is -2.46. The van der Waals surface area contributed by atoms with Crippen molar-refractivity contribution in [2.45, 2.75) is 40.2 Å². The van der Waals surface area contributed by atoms with Gasteiger partial charge in [-0.2, -0.15) is 0 Å². The first kappa shape index (κ1) is 30.8. The van der Waals surface area contributed by atoms with Crippen molar-refractivity contribution in [3.8, 4) is 23.0 Å². The molecular formula is C36H37N3O5S2. The number of piperazine rings is 1. The van der Waals surface area contributed by atoms with Gasteiger partial charge >= 0.3 is 0 Å². The van der Waals surface area contributed by atoms with Gasteiger partial charge in [-0.05, 0) is 67.2 Å². The van der Waals surface area contributed by atoms with Crippen LogP contribution in [0.25, 0.3) is 0 Å². The van der Waals surface area contributed by atoms with Gasteiger partial charge in [-0.1, -0.05) is 36.0 Å².